The number of carbonyl (C=O) groups excluding carboxylic acids is 1. The molecule has 0 saturated heterocycles. The Morgan fingerprint density at radius 3 is 2.31 bits per heavy atom. The van der Waals surface area contributed by atoms with Crippen molar-refractivity contribution < 1.29 is 14.7 Å². The lowest BCUT2D eigenvalue weighted by Gasteiger charge is -2.50. The van der Waals surface area contributed by atoms with Gasteiger partial charge in [-0.25, -0.2) is 4.79 Å². The molecule has 0 unspecified atom stereocenters. The number of aromatic amines is 1. The van der Waals surface area contributed by atoms with Crippen LogP contribution in [0.4, 0.5) is 0 Å². The van der Waals surface area contributed by atoms with E-state index in [1.807, 2.05) is 54.3 Å². The minimum Gasteiger partial charge on any atom is -0.478 e. The van der Waals surface area contributed by atoms with Gasteiger partial charge >= 0.3 is 5.97 Å². The maximum atomic E-state index is 13.4. The van der Waals surface area contributed by atoms with E-state index in [0.717, 1.165) is 23.2 Å². The number of nitrogens with zero attached hydrogens (tertiary/aromatic N) is 2. The lowest BCUT2D eigenvalue weighted by atomic mass is 9.58. The van der Waals surface area contributed by atoms with Crippen LogP contribution in [0.25, 0.3) is 16.8 Å². The molecule has 2 heterocycles. The van der Waals surface area contributed by atoms with Gasteiger partial charge in [0.1, 0.15) is 5.69 Å². The molecule has 2 aromatic carbocycles. The molecule has 6 nitrogen and oxygen atoms in total. The van der Waals surface area contributed by atoms with Gasteiger partial charge in [-0.15, -0.1) is 0 Å². The normalized spacial score (nSPS) is 20.8. The summed E-state index contributed by atoms with van der Waals surface area (Å²) in [5.41, 5.74) is 6.84. The molecule has 2 N–H and O–H groups in total. The Kier molecular flexibility index (Phi) is 5.70. The fourth-order valence-corrected chi connectivity index (χ4v) is 5.83. The van der Waals surface area contributed by atoms with Gasteiger partial charge in [0.25, 0.3) is 5.91 Å². The third-order valence-corrected chi connectivity index (χ3v) is 7.69. The molecule has 0 fully saturated rings. The summed E-state index contributed by atoms with van der Waals surface area (Å²) >= 11 is 0. The number of nitrogens with one attached hydrogen (secondary N) is 1. The molecule has 0 bridgehead atoms. The maximum Gasteiger partial charge on any atom is 0.335 e. The summed E-state index contributed by atoms with van der Waals surface area (Å²) in [5, 5.41) is 16.6. The first kappa shape index (κ1) is 23.8. The van der Waals surface area contributed by atoms with Gasteiger partial charge in [-0.2, -0.15) is 5.10 Å². The number of hydrogen-bond donors (Lipinski definition) is 2. The second kappa shape index (κ2) is 8.63. The van der Waals surface area contributed by atoms with Crippen LogP contribution in [-0.4, -0.2) is 45.2 Å². The molecule has 2 aliphatic rings. The molecule has 1 atom stereocenters. The first-order valence-electron chi connectivity index (χ1n) is 12.3. The van der Waals surface area contributed by atoms with Crippen LogP contribution in [-0.2, 0) is 0 Å². The van der Waals surface area contributed by atoms with Crippen LogP contribution in [0.15, 0.2) is 72.3 Å². The summed E-state index contributed by atoms with van der Waals surface area (Å²) in [5.74, 6) is -0.969. The molecule has 1 amide bonds. The maximum absolute atomic E-state index is 13.4. The number of aryl methyl sites for hydroxylation is 1. The van der Waals surface area contributed by atoms with Crippen molar-refractivity contribution in [3.8, 4) is 11.3 Å². The van der Waals surface area contributed by atoms with Crippen LogP contribution < -0.4 is 0 Å². The average molecular weight is 482 g/mol. The number of carbonyl (C=O) groups is 2. The molecule has 6 heteroatoms. The highest BCUT2D eigenvalue weighted by Crippen LogP contribution is 2.55. The van der Waals surface area contributed by atoms with Gasteiger partial charge < -0.3 is 10.0 Å². The van der Waals surface area contributed by atoms with Gasteiger partial charge in [0.15, 0.2) is 0 Å². The molecule has 1 aliphatic carbocycles. The number of aromatic nitrogens is 2. The molecule has 1 aromatic heterocycles. The molecular formula is C30H31N3O3. The second-order valence-corrected chi connectivity index (χ2v) is 10.7. The predicted molar refractivity (Wildman–Crippen MR) is 141 cm³/mol. The van der Waals surface area contributed by atoms with Crippen molar-refractivity contribution in [1.82, 2.24) is 15.1 Å². The Balaban J connectivity index is 1.37. The summed E-state index contributed by atoms with van der Waals surface area (Å²) in [6.07, 6.45) is 5.27. The lowest BCUT2D eigenvalue weighted by Crippen LogP contribution is -2.48. The first-order valence-corrected chi connectivity index (χ1v) is 12.3. The third-order valence-electron chi connectivity index (χ3n) is 7.69. The molecular weight excluding hydrogens is 450 g/mol. The molecule has 1 aliphatic heterocycles. The van der Waals surface area contributed by atoms with Crippen LogP contribution in [0.3, 0.4) is 0 Å². The Bertz CT molecular complexity index is 1390. The summed E-state index contributed by atoms with van der Waals surface area (Å²) in [7, 11) is 0. The van der Waals surface area contributed by atoms with Crippen molar-refractivity contribution in [3.05, 3.63) is 94.7 Å². The predicted octanol–water partition coefficient (Wildman–Crippen LogP) is 5.99. The SMILES string of the molecule is Cc1ccc(-c2cc(C(=O)N3CC=C4C(C)(C)C(c5ccc(C(=O)O)cc5)=CC[C@]4(C)C3)[nH]n2)cc1. The third kappa shape index (κ3) is 4.06. The zero-order chi connectivity index (χ0) is 25.7. The standard InChI is InChI=1S/C30H31N3O3/c1-19-5-7-21(8-6-19)24-17-25(32-31-24)27(34)33-16-14-26-29(2,3)23(13-15-30(26,4)18-33)20-9-11-22(12-10-20)28(35)36/h5-14,17H,15-16,18H2,1-4H3,(H,31,32)(H,35,36)/t30-/m1/s1. The minimum absolute atomic E-state index is 0.0470. The number of allylic oxidation sites excluding steroid dienone is 2. The number of rotatable bonds is 4. The van der Waals surface area contributed by atoms with Crippen molar-refractivity contribution in [2.75, 3.05) is 13.1 Å². The highest BCUT2D eigenvalue weighted by molar-refractivity contribution is 5.94. The minimum atomic E-state index is -0.922. The summed E-state index contributed by atoms with van der Waals surface area (Å²) in [6, 6.07) is 17.0. The highest BCUT2D eigenvalue weighted by atomic mass is 16.4. The van der Waals surface area contributed by atoms with Gasteiger partial charge in [0.2, 0.25) is 0 Å². The van der Waals surface area contributed by atoms with E-state index < -0.39 is 5.97 Å². The summed E-state index contributed by atoms with van der Waals surface area (Å²) < 4.78 is 0. The number of carboxylic acids is 1. The van der Waals surface area contributed by atoms with Gasteiger partial charge in [0.05, 0.1) is 11.3 Å². The molecule has 0 spiro atoms. The first-order chi connectivity index (χ1) is 17.1. The number of amides is 1. The quantitative estimate of drug-likeness (QED) is 0.449. The fraction of sp³-hybridized carbons (Fsp3) is 0.300. The Hall–Kier alpha value is -3.93. The van der Waals surface area contributed by atoms with E-state index in [1.165, 1.54) is 16.7 Å². The number of benzene rings is 2. The summed E-state index contributed by atoms with van der Waals surface area (Å²) in [6.45, 7) is 9.87. The van der Waals surface area contributed by atoms with Gasteiger partial charge in [-0.3, -0.25) is 9.89 Å². The Morgan fingerprint density at radius 2 is 1.64 bits per heavy atom. The van der Waals surface area contributed by atoms with Crippen LogP contribution in [0, 0.1) is 17.8 Å². The Morgan fingerprint density at radius 1 is 0.972 bits per heavy atom. The largest absolute Gasteiger partial charge is 0.478 e. The van der Waals surface area contributed by atoms with E-state index in [4.69, 9.17) is 0 Å². The fourth-order valence-electron chi connectivity index (χ4n) is 5.83. The monoisotopic (exact) mass is 481 g/mol. The second-order valence-electron chi connectivity index (χ2n) is 10.7. The average Bonchev–Trinajstić information content (AvgIpc) is 3.34. The van der Waals surface area contributed by atoms with Gasteiger partial charge in [-0.05, 0) is 42.7 Å². The zero-order valence-electron chi connectivity index (χ0n) is 21.1. The molecule has 5 rings (SSSR count). The van der Waals surface area contributed by atoms with E-state index in [0.29, 0.717) is 18.8 Å². The number of aromatic carboxylic acids is 1. The van der Waals surface area contributed by atoms with E-state index in [2.05, 4.69) is 43.1 Å². The van der Waals surface area contributed by atoms with E-state index in [-0.39, 0.29) is 22.3 Å². The van der Waals surface area contributed by atoms with Crippen molar-refractivity contribution in [2.45, 2.75) is 34.1 Å². The van der Waals surface area contributed by atoms with Crippen molar-refractivity contribution in [3.63, 3.8) is 0 Å². The highest BCUT2D eigenvalue weighted by Gasteiger charge is 2.46. The number of H-pyrrole nitrogens is 1. The van der Waals surface area contributed by atoms with Crippen LogP contribution in [0.1, 0.15) is 59.2 Å². The zero-order valence-corrected chi connectivity index (χ0v) is 21.1. The number of hydrogen-bond acceptors (Lipinski definition) is 3. The van der Waals surface area contributed by atoms with Crippen molar-refractivity contribution in [2.24, 2.45) is 10.8 Å². The van der Waals surface area contributed by atoms with Gasteiger partial charge in [-0.1, -0.05) is 80.5 Å². The van der Waals surface area contributed by atoms with Crippen LogP contribution in [0.2, 0.25) is 0 Å². The molecule has 0 saturated carbocycles. The van der Waals surface area contributed by atoms with E-state index in [9.17, 15) is 14.7 Å². The van der Waals surface area contributed by atoms with Crippen LogP contribution >= 0.6 is 0 Å². The van der Waals surface area contributed by atoms with Crippen molar-refractivity contribution >= 4 is 17.4 Å². The lowest BCUT2D eigenvalue weighted by molar-refractivity contribution is 0.0673. The molecule has 184 valence electrons. The smallest absolute Gasteiger partial charge is 0.335 e. The van der Waals surface area contributed by atoms with Crippen molar-refractivity contribution in [1.29, 1.82) is 0 Å². The topological polar surface area (TPSA) is 86.3 Å². The summed E-state index contributed by atoms with van der Waals surface area (Å²) in [4.78, 5) is 26.6. The molecule has 36 heavy (non-hydrogen) atoms. The molecule has 3 aromatic rings. The Labute approximate surface area is 211 Å². The van der Waals surface area contributed by atoms with Crippen LogP contribution in [0.5, 0.6) is 0 Å². The van der Waals surface area contributed by atoms with E-state index >= 15 is 0 Å². The number of carboxylic acid groups (broad SMARTS) is 1. The number of fused-ring (bicyclic) bond motifs is 1. The molecule has 0 radical (unpaired) electrons. The van der Waals surface area contributed by atoms with Gasteiger partial charge in [0, 0.05) is 29.5 Å². The van der Waals surface area contributed by atoms with E-state index in [1.54, 1.807) is 12.1 Å².